The minimum Gasteiger partial charge on any atom is -0.313 e. The van der Waals surface area contributed by atoms with Gasteiger partial charge in [0.25, 0.3) is 0 Å². The summed E-state index contributed by atoms with van der Waals surface area (Å²) in [6.45, 7) is 2.32. The van der Waals surface area contributed by atoms with Gasteiger partial charge in [-0.3, -0.25) is 0 Å². The first-order valence-electron chi connectivity index (χ1n) is 6.79. The van der Waals surface area contributed by atoms with E-state index in [1.807, 2.05) is 12.4 Å². The van der Waals surface area contributed by atoms with Crippen molar-refractivity contribution in [1.29, 1.82) is 0 Å². The zero-order valence-corrected chi connectivity index (χ0v) is 10.9. The van der Waals surface area contributed by atoms with Gasteiger partial charge >= 0.3 is 0 Å². The van der Waals surface area contributed by atoms with E-state index in [9.17, 15) is 0 Å². The molecule has 0 saturated heterocycles. The van der Waals surface area contributed by atoms with Crippen molar-refractivity contribution in [2.24, 2.45) is 11.8 Å². The molecule has 0 amide bonds. The Morgan fingerprint density at radius 2 is 2.00 bits per heavy atom. The summed E-state index contributed by atoms with van der Waals surface area (Å²) in [6.07, 6.45) is 12.3. The highest BCUT2D eigenvalue weighted by Crippen LogP contribution is 2.39. The maximum absolute atomic E-state index is 4.15. The van der Waals surface area contributed by atoms with Crippen molar-refractivity contribution in [3.63, 3.8) is 0 Å². The SMILES string of the molecule is CCC1CCCCC1C(NC)c1cncnc1. The molecule has 3 heteroatoms. The molecule has 0 bridgehead atoms. The van der Waals surface area contributed by atoms with Crippen LogP contribution in [0.2, 0.25) is 0 Å². The van der Waals surface area contributed by atoms with Crippen LogP contribution >= 0.6 is 0 Å². The summed E-state index contributed by atoms with van der Waals surface area (Å²) in [5, 5.41) is 3.47. The van der Waals surface area contributed by atoms with Crippen LogP contribution in [-0.2, 0) is 0 Å². The van der Waals surface area contributed by atoms with Gasteiger partial charge in [0.2, 0.25) is 0 Å². The first-order valence-corrected chi connectivity index (χ1v) is 6.79. The molecule has 0 aromatic carbocycles. The number of nitrogens with zero attached hydrogens (tertiary/aromatic N) is 2. The summed E-state index contributed by atoms with van der Waals surface area (Å²) in [5.74, 6) is 1.59. The molecule has 1 aliphatic rings. The Kier molecular flexibility index (Phi) is 4.49. The van der Waals surface area contributed by atoms with Crippen molar-refractivity contribution in [1.82, 2.24) is 15.3 Å². The fraction of sp³-hybridized carbons (Fsp3) is 0.714. The minimum absolute atomic E-state index is 0.418. The van der Waals surface area contributed by atoms with Gasteiger partial charge in [-0.15, -0.1) is 0 Å². The summed E-state index contributed by atoms with van der Waals surface area (Å²) in [4.78, 5) is 8.30. The quantitative estimate of drug-likeness (QED) is 0.869. The molecule has 1 heterocycles. The molecule has 3 unspecified atom stereocenters. The molecule has 3 atom stereocenters. The Bertz CT molecular complexity index is 325. The summed E-state index contributed by atoms with van der Waals surface area (Å²) in [5.41, 5.74) is 1.24. The van der Waals surface area contributed by atoms with E-state index in [1.54, 1.807) is 6.33 Å². The smallest absolute Gasteiger partial charge is 0.115 e. The van der Waals surface area contributed by atoms with Crippen LogP contribution in [0.15, 0.2) is 18.7 Å². The third-order valence-electron chi connectivity index (χ3n) is 4.17. The lowest BCUT2D eigenvalue weighted by molar-refractivity contribution is 0.180. The number of hydrogen-bond acceptors (Lipinski definition) is 3. The van der Waals surface area contributed by atoms with Crippen LogP contribution in [0.4, 0.5) is 0 Å². The molecule has 1 aromatic rings. The zero-order valence-electron chi connectivity index (χ0n) is 10.9. The molecular formula is C14H23N3. The van der Waals surface area contributed by atoms with E-state index in [2.05, 4.69) is 29.3 Å². The predicted molar refractivity (Wildman–Crippen MR) is 69.6 cm³/mol. The van der Waals surface area contributed by atoms with Crippen molar-refractivity contribution in [3.8, 4) is 0 Å². The van der Waals surface area contributed by atoms with Crippen LogP contribution in [0.3, 0.4) is 0 Å². The van der Waals surface area contributed by atoms with E-state index in [0.717, 1.165) is 11.8 Å². The molecule has 0 radical (unpaired) electrons. The van der Waals surface area contributed by atoms with Crippen LogP contribution in [0.25, 0.3) is 0 Å². The number of hydrogen-bond donors (Lipinski definition) is 1. The molecule has 2 rings (SSSR count). The first kappa shape index (κ1) is 12.5. The lowest BCUT2D eigenvalue weighted by Crippen LogP contribution is -2.32. The predicted octanol–water partition coefficient (Wildman–Crippen LogP) is 2.95. The molecule has 1 aliphatic carbocycles. The monoisotopic (exact) mass is 233 g/mol. The second kappa shape index (κ2) is 6.10. The fourth-order valence-corrected chi connectivity index (χ4v) is 3.28. The van der Waals surface area contributed by atoms with Crippen LogP contribution in [0.1, 0.15) is 50.6 Å². The summed E-state index contributed by atoms with van der Waals surface area (Å²) in [6, 6.07) is 0.418. The fourth-order valence-electron chi connectivity index (χ4n) is 3.28. The van der Waals surface area contributed by atoms with Gasteiger partial charge in [-0.1, -0.05) is 32.6 Å². The van der Waals surface area contributed by atoms with E-state index in [1.165, 1.54) is 37.7 Å². The van der Waals surface area contributed by atoms with Crippen LogP contribution in [0, 0.1) is 11.8 Å². The Morgan fingerprint density at radius 3 is 2.65 bits per heavy atom. The van der Waals surface area contributed by atoms with Gasteiger partial charge in [-0.25, -0.2) is 9.97 Å². The zero-order chi connectivity index (χ0) is 12.1. The number of rotatable bonds is 4. The number of nitrogens with one attached hydrogen (secondary N) is 1. The second-order valence-corrected chi connectivity index (χ2v) is 5.05. The first-order chi connectivity index (χ1) is 8.36. The molecule has 17 heavy (non-hydrogen) atoms. The Morgan fingerprint density at radius 1 is 1.29 bits per heavy atom. The third-order valence-corrected chi connectivity index (χ3v) is 4.17. The topological polar surface area (TPSA) is 37.8 Å². The molecule has 0 spiro atoms. The lowest BCUT2D eigenvalue weighted by Gasteiger charge is -2.36. The lowest BCUT2D eigenvalue weighted by atomic mass is 9.73. The van der Waals surface area contributed by atoms with E-state index in [0.29, 0.717) is 6.04 Å². The second-order valence-electron chi connectivity index (χ2n) is 5.05. The average molecular weight is 233 g/mol. The normalized spacial score (nSPS) is 26.7. The van der Waals surface area contributed by atoms with E-state index in [4.69, 9.17) is 0 Å². The van der Waals surface area contributed by atoms with Gasteiger partial charge in [0.1, 0.15) is 6.33 Å². The molecular weight excluding hydrogens is 210 g/mol. The van der Waals surface area contributed by atoms with E-state index < -0.39 is 0 Å². The average Bonchev–Trinajstić information content (AvgIpc) is 2.41. The van der Waals surface area contributed by atoms with Crippen LogP contribution in [0.5, 0.6) is 0 Å². The van der Waals surface area contributed by atoms with Gasteiger partial charge in [-0.05, 0) is 25.3 Å². The van der Waals surface area contributed by atoms with E-state index >= 15 is 0 Å². The molecule has 1 fully saturated rings. The van der Waals surface area contributed by atoms with Crippen LogP contribution in [-0.4, -0.2) is 17.0 Å². The van der Waals surface area contributed by atoms with Gasteiger partial charge in [0.05, 0.1) is 0 Å². The van der Waals surface area contributed by atoms with Crippen molar-refractivity contribution in [2.75, 3.05) is 7.05 Å². The summed E-state index contributed by atoms with van der Waals surface area (Å²) in [7, 11) is 2.05. The van der Waals surface area contributed by atoms with Crippen LogP contribution < -0.4 is 5.32 Å². The van der Waals surface area contributed by atoms with Gasteiger partial charge in [0.15, 0.2) is 0 Å². The molecule has 1 N–H and O–H groups in total. The molecule has 1 aromatic heterocycles. The Hall–Kier alpha value is -0.960. The number of aromatic nitrogens is 2. The van der Waals surface area contributed by atoms with Crippen molar-refractivity contribution >= 4 is 0 Å². The standard InChI is InChI=1S/C14H23N3/c1-3-11-6-4-5-7-13(11)14(15-2)12-8-16-10-17-9-12/h8-11,13-15H,3-7H2,1-2H3. The minimum atomic E-state index is 0.418. The summed E-state index contributed by atoms with van der Waals surface area (Å²) >= 11 is 0. The maximum atomic E-state index is 4.15. The van der Waals surface area contributed by atoms with Gasteiger partial charge in [-0.2, -0.15) is 0 Å². The van der Waals surface area contributed by atoms with Crippen molar-refractivity contribution in [3.05, 3.63) is 24.3 Å². The molecule has 1 saturated carbocycles. The van der Waals surface area contributed by atoms with E-state index in [-0.39, 0.29) is 0 Å². The summed E-state index contributed by atoms with van der Waals surface area (Å²) < 4.78 is 0. The maximum Gasteiger partial charge on any atom is 0.115 e. The van der Waals surface area contributed by atoms with Gasteiger partial charge < -0.3 is 5.32 Å². The van der Waals surface area contributed by atoms with Crippen molar-refractivity contribution in [2.45, 2.75) is 45.1 Å². The molecule has 0 aliphatic heterocycles. The largest absolute Gasteiger partial charge is 0.313 e. The Labute approximate surface area is 104 Å². The Balaban J connectivity index is 2.16. The van der Waals surface area contributed by atoms with Gasteiger partial charge in [0, 0.05) is 24.0 Å². The molecule has 3 nitrogen and oxygen atoms in total. The highest BCUT2D eigenvalue weighted by atomic mass is 14.9. The van der Waals surface area contributed by atoms with Crippen molar-refractivity contribution < 1.29 is 0 Å². The third kappa shape index (κ3) is 2.83. The molecule has 94 valence electrons. The highest BCUT2D eigenvalue weighted by molar-refractivity contribution is 5.11. The highest BCUT2D eigenvalue weighted by Gasteiger charge is 2.30.